The Labute approximate surface area is 182 Å². The van der Waals surface area contributed by atoms with Gasteiger partial charge in [-0.25, -0.2) is 0 Å². The Morgan fingerprint density at radius 3 is 2.00 bits per heavy atom. The molecule has 3 rings (SSSR count). The van der Waals surface area contributed by atoms with Gasteiger partial charge in [0.15, 0.2) is 0 Å². The average Bonchev–Trinajstić information content (AvgIpc) is 2.64. The molecule has 4 N–H and O–H groups in total. The second-order valence-electron chi connectivity index (χ2n) is 5.80. The van der Waals surface area contributed by atoms with E-state index in [-0.39, 0.29) is 28.2 Å². The molecule has 1 amide bonds. The molecule has 0 heterocycles. The minimum absolute atomic E-state index is 0. The van der Waals surface area contributed by atoms with Gasteiger partial charge in [-0.2, -0.15) is 0 Å². The van der Waals surface area contributed by atoms with E-state index in [9.17, 15) is 13.6 Å². The Hall–Kier alpha value is -2.21. The van der Waals surface area contributed by atoms with Gasteiger partial charge < -0.3 is 0 Å². The zero-order valence-corrected chi connectivity index (χ0v) is 18.8. The van der Waals surface area contributed by atoms with Gasteiger partial charge in [-0.05, 0) is 23.3 Å². The molecule has 3 aromatic carbocycles. The molecule has 9 heteroatoms. The number of rotatable bonds is 3. The third-order valence-corrected chi connectivity index (χ3v) is 5.83. The molecule has 0 spiro atoms. The van der Waals surface area contributed by atoms with Gasteiger partial charge in [0, 0.05) is 5.02 Å². The van der Waals surface area contributed by atoms with Crippen LogP contribution in [-0.4, -0.2) is 33.4 Å². The summed E-state index contributed by atoms with van der Waals surface area (Å²) in [7, 11) is 0. The first-order valence-corrected chi connectivity index (χ1v) is 11.9. The van der Waals surface area contributed by atoms with E-state index in [2.05, 4.69) is 17.4 Å². The van der Waals surface area contributed by atoms with Crippen LogP contribution in [0.3, 0.4) is 0 Å². The van der Waals surface area contributed by atoms with Gasteiger partial charge in [-0.3, -0.25) is 0 Å². The maximum atomic E-state index is 10.9. The van der Waals surface area contributed by atoms with Crippen molar-refractivity contribution in [3.05, 3.63) is 77.8 Å². The minimum atomic E-state index is -4.98. The molecule has 6 nitrogen and oxygen atoms in total. The quantitative estimate of drug-likeness (QED) is 0.326. The van der Waals surface area contributed by atoms with Gasteiger partial charge in [0.1, 0.15) is 0 Å². The first-order chi connectivity index (χ1) is 13.2. The fourth-order valence-corrected chi connectivity index (χ4v) is 3.58. The van der Waals surface area contributed by atoms with Crippen LogP contribution in [0.15, 0.2) is 72.8 Å². The van der Waals surface area contributed by atoms with Gasteiger partial charge in [0.2, 0.25) is 0 Å². The monoisotopic (exact) mass is 499 g/mol. The van der Waals surface area contributed by atoms with Crippen molar-refractivity contribution in [1.29, 1.82) is 0 Å². The summed E-state index contributed by atoms with van der Waals surface area (Å²) in [6.07, 6.45) is 0. The normalized spacial score (nSPS) is 10.2. The van der Waals surface area contributed by atoms with Crippen LogP contribution in [0.5, 0.6) is 5.75 Å². The number of phenols is 1. The van der Waals surface area contributed by atoms with E-state index in [4.69, 9.17) is 19.8 Å². The Bertz CT molecular complexity index is 992. The Morgan fingerprint density at radius 1 is 0.931 bits per heavy atom. The van der Waals surface area contributed by atoms with E-state index in [1.807, 2.05) is 42.5 Å². The molecule has 0 aliphatic carbocycles. The maximum absolute atomic E-state index is 10.9. The maximum Gasteiger partial charge on any atom is 0.0406 e. The third kappa shape index (κ3) is 7.97. The smallest absolute Gasteiger partial charge is 0.0406 e. The number of hydrogen-bond acceptors (Lipinski definition) is 3. The van der Waals surface area contributed by atoms with Crippen LogP contribution in [0.4, 0.5) is 5.69 Å². The first-order valence-electron chi connectivity index (χ1n) is 8.14. The molecular weight excluding hydrogens is 480 g/mol. The molecule has 0 radical (unpaired) electrons. The zero-order valence-electron chi connectivity index (χ0n) is 15.3. The predicted octanol–water partition coefficient (Wildman–Crippen LogP) is 3.34. The molecule has 0 fully saturated rings. The molecule has 154 valence electrons. The van der Waals surface area contributed by atoms with Crippen LogP contribution in [0.2, 0.25) is 5.02 Å². The molecule has 0 aliphatic heterocycles. The van der Waals surface area contributed by atoms with Gasteiger partial charge in [0.05, 0.1) is 0 Å². The topological polar surface area (TPSA) is 107 Å². The predicted molar refractivity (Wildman–Crippen MR) is 117 cm³/mol. The summed E-state index contributed by atoms with van der Waals surface area (Å²) in [4.78, 5) is 10.7. The Morgan fingerprint density at radius 2 is 1.48 bits per heavy atom. The van der Waals surface area contributed by atoms with Gasteiger partial charge in [-0.15, -0.1) is 12.4 Å². The van der Waals surface area contributed by atoms with Crippen molar-refractivity contribution in [3.63, 3.8) is 0 Å². The van der Waals surface area contributed by atoms with Crippen LogP contribution >= 0.6 is 24.0 Å². The summed E-state index contributed by atoms with van der Waals surface area (Å²) >= 11 is 0.815. The third-order valence-electron chi connectivity index (χ3n) is 3.58. The number of aromatic hydroxyl groups is 1. The van der Waals surface area contributed by atoms with Gasteiger partial charge in [0.25, 0.3) is 0 Å². The van der Waals surface area contributed by atoms with Crippen molar-refractivity contribution >= 4 is 54.1 Å². The summed E-state index contributed by atoms with van der Waals surface area (Å²) in [6.45, 7) is 1.23. The number of anilines is 1. The number of hydrogen-bond donors (Lipinski definition) is 4. The van der Waals surface area contributed by atoms with Crippen molar-refractivity contribution in [2.45, 2.75) is 6.92 Å². The SMILES string of the molecule is CC(=O)Nc1cc([As](=O)(O)O)ccc1O.Cl.Clc1ccc(-c2ccccc2)cc1. The van der Waals surface area contributed by atoms with Crippen LogP contribution < -0.4 is 9.67 Å². The second-order valence-corrected chi connectivity index (χ2v) is 9.60. The molecule has 3 aromatic rings. The molecule has 0 unspecified atom stereocenters. The molecule has 0 bridgehead atoms. The number of carbonyl (C=O) groups is 1. The summed E-state index contributed by atoms with van der Waals surface area (Å²) in [5, 5.41) is 12.3. The first kappa shape index (κ1) is 24.8. The molecule has 0 aliphatic rings. The number of phenolic OH excluding ortho intramolecular Hbond substituents is 1. The van der Waals surface area contributed by atoms with Crippen LogP contribution in [-0.2, 0) is 8.53 Å². The zero-order chi connectivity index (χ0) is 20.7. The number of carbonyl (C=O) groups excluding carboxylic acids is 1. The molecule has 0 saturated carbocycles. The fraction of sp³-hybridized carbons (Fsp3) is 0.0500. The number of amides is 1. The van der Waals surface area contributed by atoms with Crippen molar-refractivity contribution < 1.29 is 21.8 Å². The summed E-state index contributed by atoms with van der Waals surface area (Å²) in [5.74, 6) is -0.668. The van der Waals surface area contributed by atoms with E-state index in [0.717, 1.165) is 23.2 Å². The minimum Gasteiger partial charge on any atom is -0.147 e. The molecular formula is C20H20AsCl2NO5. The summed E-state index contributed by atoms with van der Waals surface area (Å²) < 4.78 is 28.6. The largest absolute Gasteiger partial charge is 0.147 e. The van der Waals surface area contributed by atoms with E-state index >= 15 is 0 Å². The van der Waals surface area contributed by atoms with Crippen molar-refractivity contribution in [2.24, 2.45) is 0 Å². The molecule has 0 atom stereocenters. The van der Waals surface area contributed by atoms with Crippen LogP contribution in [0.1, 0.15) is 6.92 Å². The van der Waals surface area contributed by atoms with Gasteiger partial charge in [-0.1, -0.05) is 54.1 Å². The second kappa shape index (κ2) is 11.1. The van der Waals surface area contributed by atoms with Crippen LogP contribution in [0, 0.1) is 0 Å². The van der Waals surface area contributed by atoms with E-state index in [0.29, 0.717) is 0 Å². The standard InChI is InChI=1S/C12H9Cl.C8H10AsNO5.ClH/c13-12-8-6-11(7-9-12)10-4-2-1-3-5-10;1-5(11)10-7-4-6(9(13,14)15)2-3-8(7)12;/h1-9H;2-4,12H,1H3,(H,10,11)(H2,13,14,15);1H. The van der Waals surface area contributed by atoms with Gasteiger partial charge >= 0.3 is 88.1 Å². The number of benzene rings is 3. The average molecular weight is 500 g/mol. The van der Waals surface area contributed by atoms with E-state index < -0.39 is 20.1 Å². The number of nitrogens with one attached hydrogen (secondary N) is 1. The Balaban J connectivity index is 0.000000282. The van der Waals surface area contributed by atoms with Crippen LogP contribution in [0.25, 0.3) is 11.1 Å². The molecule has 29 heavy (non-hydrogen) atoms. The van der Waals surface area contributed by atoms with E-state index in [1.165, 1.54) is 18.1 Å². The fourth-order valence-electron chi connectivity index (χ4n) is 2.27. The van der Waals surface area contributed by atoms with Crippen molar-refractivity contribution in [3.8, 4) is 16.9 Å². The van der Waals surface area contributed by atoms with Crippen molar-refractivity contribution in [1.82, 2.24) is 0 Å². The molecule has 0 saturated heterocycles. The van der Waals surface area contributed by atoms with Crippen molar-refractivity contribution in [2.75, 3.05) is 5.32 Å². The van der Waals surface area contributed by atoms with E-state index in [1.54, 1.807) is 0 Å². The number of halogens is 2. The summed E-state index contributed by atoms with van der Waals surface area (Å²) in [6, 6.07) is 21.4. The summed E-state index contributed by atoms with van der Waals surface area (Å²) in [5.41, 5.74) is 2.41. The Kier molecular flexibility index (Phi) is 9.50. The molecule has 0 aromatic heterocycles.